The minimum Gasteiger partial charge on any atom is -0.497 e. The molecule has 2 heterocycles. The zero-order valence-electron chi connectivity index (χ0n) is 18.3. The number of nitrogens with one attached hydrogen (secondary N) is 1. The Kier molecular flexibility index (Phi) is 6.09. The maximum absolute atomic E-state index is 13.3. The highest BCUT2D eigenvalue weighted by Gasteiger charge is 2.19. The van der Waals surface area contributed by atoms with Gasteiger partial charge in [-0.05, 0) is 37.3 Å². The Balaban J connectivity index is 1.69. The molecule has 8 nitrogen and oxygen atoms in total. The molecule has 0 aliphatic heterocycles. The standard InChI is InChI=1S/C23H24N4O4S/c1-5-27-22(29)21-20(15-12-14(30-3)10-11-17(15)26(21)2)25-23(27)32-13-19(28)24-16-8-6-7-9-18(16)31-4/h6-12H,5,13H2,1-4H3,(H,24,28). The minimum absolute atomic E-state index is 0.101. The van der Waals surface area contributed by atoms with E-state index in [9.17, 15) is 9.59 Å². The first-order valence-electron chi connectivity index (χ1n) is 10.1. The van der Waals surface area contributed by atoms with Crippen LogP contribution in [0.4, 0.5) is 5.69 Å². The van der Waals surface area contributed by atoms with Crippen molar-refractivity contribution in [3.63, 3.8) is 0 Å². The second-order valence-electron chi connectivity index (χ2n) is 7.12. The Hall–Kier alpha value is -3.46. The van der Waals surface area contributed by atoms with Crippen LogP contribution >= 0.6 is 11.8 Å². The number of thioether (sulfide) groups is 1. The number of ether oxygens (including phenoxy) is 2. The third-order valence-electron chi connectivity index (χ3n) is 5.30. The van der Waals surface area contributed by atoms with E-state index in [2.05, 4.69) is 5.32 Å². The van der Waals surface area contributed by atoms with Gasteiger partial charge in [-0.25, -0.2) is 4.98 Å². The molecule has 2 aromatic carbocycles. The summed E-state index contributed by atoms with van der Waals surface area (Å²) in [6.07, 6.45) is 0. The van der Waals surface area contributed by atoms with Crippen LogP contribution in [0.5, 0.6) is 11.5 Å². The van der Waals surface area contributed by atoms with Gasteiger partial charge in [0.15, 0.2) is 5.16 Å². The van der Waals surface area contributed by atoms with Crippen molar-refractivity contribution < 1.29 is 14.3 Å². The van der Waals surface area contributed by atoms with Crippen LogP contribution in [0.2, 0.25) is 0 Å². The lowest BCUT2D eigenvalue weighted by Crippen LogP contribution is -2.24. The molecule has 4 rings (SSSR count). The van der Waals surface area contributed by atoms with Gasteiger partial charge in [0.05, 0.1) is 31.2 Å². The molecule has 4 aromatic rings. The number of carbonyl (C=O) groups is 1. The van der Waals surface area contributed by atoms with Crippen LogP contribution in [0.15, 0.2) is 52.4 Å². The summed E-state index contributed by atoms with van der Waals surface area (Å²) in [4.78, 5) is 30.7. The summed E-state index contributed by atoms with van der Waals surface area (Å²) in [6.45, 7) is 2.34. The highest BCUT2D eigenvalue weighted by atomic mass is 32.2. The molecule has 32 heavy (non-hydrogen) atoms. The van der Waals surface area contributed by atoms with E-state index < -0.39 is 0 Å². The van der Waals surface area contributed by atoms with Gasteiger partial charge in [-0.15, -0.1) is 0 Å². The fraction of sp³-hybridized carbons (Fsp3) is 0.261. The first kappa shape index (κ1) is 21.8. The number of carbonyl (C=O) groups excluding carboxylic acids is 1. The maximum Gasteiger partial charge on any atom is 0.278 e. The second-order valence-corrected chi connectivity index (χ2v) is 8.06. The number of anilines is 1. The Morgan fingerprint density at radius 1 is 1.16 bits per heavy atom. The van der Waals surface area contributed by atoms with Gasteiger partial charge < -0.3 is 19.4 Å². The van der Waals surface area contributed by atoms with E-state index in [1.54, 1.807) is 30.9 Å². The lowest BCUT2D eigenvalue weighted by molar-refractivity contribution is -0.113. The molecule has 0 aliphatic rings. The van der Waals surface area contributed by atoms with Gasteiger partial charge in [0.25, 0.3) is 5.56 Å². The van der Waals surface area contributed by atoms with Crippen molar-refractivity contribution in [1.82, 2.24) is 14.1 Å². The van der Waals surface area contributed by atoms with E-state index >= 15 is 0 Å². The highest BCUT2D eigenvalue weighted by Crippen LogP contribution is 2.30. The van der Waals surface area contributed by atoms with Crippen molar-refractivity contribution in [3.05, 3.63) is 52.8 Å². The van der Waals surface area contributed by atoms with Gasteiger partial charge in [0, 0.05) is 19.0 Å². The van der Waals surface area contributed by atoms with Crippen LogP contribution in [0.1, 0.15) is 6.92 Å². The topological polar surface area (TPSA) is 87.4 Å². The molecule has 1 amide bonds. The van der Waals surface area contributed by atoms with Gasteiger partial charge in [-0.1, -0.05) is 23.9 Å². The lowest BCUT2D eigenvalue weighted by Gasteiger charge is -2.12. The first-order valence-corrected chi connectivity index (χ1v) is 11.1. The predicted octanol–water partition coefficient (Wildman–Crippen LogP) is 3.66. The number of hydrogen-bond acceptors (Lipinski definition) is 6. The van der Waals surface area contributed by atoms with Crippen molar-refractivity contribution >= 4 is 45.3 Å². The van der Waals surface area contributed by atoms with Crippen molar-refractivity contribution in [3.8, 4) is 11.5 Å². The average Bonchev–Trinajstić information content (AvgIpc) is 3.09. The summed E-state index contributed by atoms with van der Waals surface area (Å²) < 4.78 is 14.1. The van der Waals surface area contributed by atoms with E-state index in [0.29, 0.717) is 39.9 Å². The number of benzene rings is 2. The normalized spacial score (nSPS) is 11.1. The van der Waals surface area contributed by atoms with Crippen LogP contribution in [0.25, 0.3) is 21.9 Å². The Morgan fingerprint density at radius 2 is 1.94 bits per heavy atom. The number of rotatable bonds is 7. The van der Waals surface area contributed by atoms with Crippen molar-refractivity contribution in [2.45, 2.75) is 18.6 Å². The summed E-state index contributed by atoms with van der Waals surface area (Å²) in [5.74, 6) is 1.16. The molecule has 0 bridgehead atoms. The molecule has 9 heteroatoms. The number of methoxy groups -OCH3 is 2. The fourth-order valence-electron chi connectivity index (χ4n) is 3.71. The molecule has 0 aliphatic carbocycles. The summed E-state index contributed by atoms with van der Waals surface area (Å²) in [5, 5.41) is 4.18. The highest BCUT2D eigenvalue weighted by molar-refractivity contribution is 7.99. The van der Waals surface area contributed by atoms with Crippen LogP contribution < -0.4 is 20.3 Å². The molecule has 0 saturated heterocycles. The van der Waals surface area contributed by atoms with E-state index in [4.69, 9.17) is 14.5 Å². The van der Waals surface area contributed by atoms with Crippen molar-refractivity contribution in [2.24, 2.45) is 7.05 Å². The van der Waals surface area contributed by atoms with Gasteiger partial charge >= 0.3 is 0 Å². The second kappa shape index (κ2) is 8.96. The molecule has 2 aromatic heterocycles. The van der Waals surface area contributed by atoms with Crippen molar-refractivity contribution in [1.29, 1.82) is 0 Å². The molecule has 0 saturated carbocycles. The number of fused-ring (bicyclic) bond motifs is 3. The molecule has 0 spiro atoms. The largest absolute Gasteiger partial charge is 0.497 e. The third kappa shape index (κ3) is 3.80. The Morgan fingerprint density at radius 3 is 2.66 bits per heavy atom. The van der Waals surface area contributed by atoms with Crippen molar-refractivity contribution in [2.75, 3.05) is 25.3 Å². The number of amides is 1. The molecule has 0 atom stereocenters. The first-order chi connectivity index (χ1) is 15.5. The van der Waals surface area contributed by atoms with E-state index in [1.165, 1.54) is 11.8 Å². The number of para-hydroxylation sites is 2. The Labute approximate surface area is 189 Å². The van der Waals surface area contributed by atoms with Gasteiger partial charge in [0.1, 0.15) is 22.5 Å². The van der Waals surface area contributed by atoms with Crippen LogP contribution in [0.3, 0.4) is 0 Å². The molecular formula is C23H24N4O4S. The maximum atomic E-state index is 13.3. The smallest absolute Gasteiger partial charge is 0.278 e. The molecule has 0 unspecified atom stereocenters. The Bertz CT molecular complexity index is 1380. The average molecular weight is 453 g/mol. The van der Waals surface area contributed by atoms with Gasteiger partial charge in [-0.3, -0.25) is 14.2 Å². The molecular weight excluding hydrogens is 428 g/mol. The van der Waals surface area contributed by atoms with E-state index in [-0.39, 0.29) is 17.2 Å². The van der Waals surface area contributed by atoms with Crippen LogP contribution in [-0.2, 0) is 18.4 Å². The van der Waals surface area contributed by atoms with E-state index in [1.807, 2.05) is 48.9 Å². The number of aryl methyl sites for hydroxylation is 1. The summed E-state index contributed by atoms with van der Waals surface area (Å²) in [5.41, 5.74) is 2.48. The lowest BCUT2D eigenvalue weighted by atomic mass is 10.2. The molecule has 0 fully saturated rings. The minimum atomic E-state index is -0.212. The van der Waals surface area contributed by atoms with Crippen LogP contribution in [-0.4, -0.2) is 40.0 Å². The fourth-order valence-corrected chi connectivity index (χ4v) is 4.57. The molecule has 166 valence electrons. The quantitative estimate of drug-likeness (QED) is 0.340. The monoisotopic (exact) mass is 452 g/mol. The zero-order valence-corrected chi connectivity index (χ0v) is 19.2. The summed E-state index contributed by atoms with van der Waals surface area (Å²) in [7, 11) is 5.01. The summed E-state index contributed by atoms with van der Waals surface area (Å²) >= 11 is 1.23. The van der Waals surface area contributed by atoms with E-state index in [0.717, 1.165) is 10.9 Å². The van der Waals surface area contributed by atoms with Gasteiger partial charge in [-0.2, -0.15) is 0 Å². The van der Waals surface area contributed by atoms with Crippen LogP contribution in [0, 0.1) is 0 Å². The molecule has 1 N–H and O–H groups in total. The molecule has 0 radical (unpaired) electrons. The number of hydrogen-bond donors (Lipinski definition) is 1. The SMILES string of the molecule is CCn1c(SCC(=O)Nc2ccccc2OC)nc2c3cc(OC)ccc3n(C)c2c1=O. The zero-order chi connectivity index (χ0) is 22.8. The van der Waals surface area contributed by atoms with Gasteiger partial charge in [0.2, 0.25) is 5.91 Å². The summed E-state index contributed by atoms with van der Waals surface area (Å²) in [6, 6.07) is 12.9. The third-order valence-corrected chi connectivity index (χ3v) is 6.27. The number of nitrogens with zero attached hydrogens (tertiary/aromatic N) is 3. The predicted molar refractivity (Wildman–Crippen MR) is 127 cm³/mol. The number of aromatic nitrogens is 3.